The van der Waals surface area contributed by atoms with E-state index in [2.05, 4.69) is 0 Å². The summed E-state index contributed by atoms with van der Waals surface area (Å²) in [6.45, 7) is 9.14. The molecule has 0 aromatic rings. The van der Waals surface area contributed by atoms with Gasteiger partial charge in [-0.1, -0.05) is 25.6 Å². The van der Waals surface area contributed by atoms with Crippen LogP contribution in [-0.2, 0) is 14.3 Å². The van der Waals surface area contributed by atoms with Crippen molar-refractivity contribution >= 4 is 22.8 Å². The first-order valence-electron chi connectivity index (χ1n) is 4.71. The van der Waals surface area contributed by atoms with Crippen LogP contribution in [0, 0.1) is 5.92 Å². The maximum absolute atomic E-state index is 11.4. The highest BCUT2D eigenvalue weighted by Gasteiger charge is 2.33. The van der Waals surface area contributed by atoms with Crippen LogP contribution >= 0.6 is 11.8 Å². The van der Waals surface area contributed by atoms with E-state index in [1.54, 1.807) is 20.8 Å². The largest absolute Gasteiger partial charge is 0.465 e. The quantitative estimate of drug-likeness (QED) is 0.679. The predicted octanol–water partition coefficient (Wildman–Crippen LogP) is 2.24. The summed E-state index contributed by atoms with van der Waals surface area (Å²) in [6, 6.07) is 0. The van der Waals surface area contributed by atoms with Crippen LogP contribution in [-0.4, -0.2) is 22.4 Å². The monoisotopic (exact) mass is 218 g/mol. The van der Waals surface area contributed by atoms with Gasteiger partial charge in [0.05, 0.1) is 6.61 Å². The van der Waals surface area contributed by atoms with Crippen LogP contribution < -0.4 is 0 Å². The van der Waals surface area contributed by atoms with Crippen LogP contribution in [0.4, 0.5) is 0 Å². The Morgan fingerprint density at radius 1 is 1.36 bits per heavy atom. The Morgan fingerprint density at radius 3 is 2.21 bits per heavy atom. The molecule has 0 aromatic carbocycles. The lowest BCUT2D eigenvalue weighted by molar-refractivity contribution is -0.145. The molecule has 0 spiro atoms. The van der Waals surface area contributed by atoms with Crippen molar-refractivity contribution in [3.05, 3.63) is 0 Å². The van der Waals surface area contributed by atoms with E-state index in [0.29, 0.717) is 6.61 Å². The molecular formula is C10H18O3S. The van der Waals surface area contributed by atoms with Crippen LogP contribution in [0.25, 0.3) is 0 Å². The predicted molar refractivity (Wildman–Crippen MR) is 58.1 cm³/mol. The van der Waals surface area contributed by atoms with E-state index >= 15 is 0 Å². The highest BCUT2D eigenvalue weighted by atomic mass is 32.2. The molecule has 0 amide bonds. The third-order valence-corrected chi connectivity index (χ3v) is 2.94. The van der Waals surface area contributed by atoms with E-state index in [-0.39, 0.29) is 17.0 Å². The molecule has 0 aliphatic heterocycles. The molecule has 0 radical (unpaired) electrons. The molecule has 0 saturated heterocycles. The van der Waals surface area contributed by atoms with Gasteiger partial charge in [-0.2, -0.15) is 0 Å². The summed E-state index contributed by atoms with van der Waals surface area (Å²) in [5.74, 6) is -0.396. The Balaban J connectivity index is 4.33. The Kier molecular flexibility index (Phi) is 5.19. The van der Waals surface area contributed by atoms with Gasteiger partial charge in [-0.3, -0.25) is 9.59 Å². The van der Waals surface area contributed by atoms with Crippen LogP contribution in [0.15, 0.2) is 0 Å². The van der Waals surface area contributed by atoms with Crippen molar-refractivity contribution < 1.29 is 14.3 Å². The first-order valence-corrected chi connectivity index (χ1v) is 5.53. The van der Waals surface area contributed by atoms with E-state index in [1.807, 2.05) is 13.8 Å². The van der Waals surface area contributed by atoms with Crippen LogP contribution in [0.1, 0.15) is 34.6 Å². The Morgan fingerprint density at radius 2 is 1.86 bits per heavy atom. The van der Waals surface area contributed by atoms with E-state index in [4.69, 9.17) is 4.74 Å². The molecular weight excluding hydrogens is 200 g/mol. The fraction of sp³-hybridized carbons (Fsp3) is 0.800. The van der Waals surface area contributed by atoms with Crippen molar-refractivity contribution in [2.75, 3.05) is 6.61 Å². The summed E-state index contributed by atoms with van der Waals surface area (Å²) >= 11 is 1.04. The number of rotatable bonds is 4. The fourth-order valence-corrected chi connectivity index (χ4v) is 1.60. The van der Waals surface area contributed by atoms with Crippen molar-refractivity contribution in [2.24, 2.45) is 5.92 Å². The number of hydrogen-bond donors (Lipinski definition) is 0. The van der Waals surface area contributed by atoms with Crippen molar-refractivity contribution in [1.82, 2.24) is 0 Å². The third-order valence-electron chi connectivity index (χ3n) is 1.59. The van der Waals surface area contributed by atoms with E-state index in [1.165, 1.54) is 0 Å². The van der Waals surface area contributed by atoms with Crippen LogP contribution in [0.3, 0.4) is 0 Å². The molecule has 82 valence electrons. The lowest BCUT2D eigenvalue weighted by atomic mass is 10.2. The highest BCUT2D eigenvalue weighted by Crippen LogP contribution is 2.28. The minimum absolute atomic E-state index is 0.0167. The number of hydrogen-bond acceptors (Lipinski definition) is 4. The molecule has 0 heterocycles. The topological polar surface area (TPSA) is 43.4 Å². The summed E-state index contributed by atoms with van der Waals surface area (Å²) in [7, 11) is 0. The molecule has 3 nitrogen and oxygen atoms in total. The number of carbonyl (C=O) groups excluding carboxylic acids is 2. The Labute approximate surface area is 89.6 Å². The van der Waals surface area contributed by atoms with Gasteiger partial charge >= 0.3 is 5.97 Å². The zero-order valence-corrected chi connectivity index (χ0v) is 10.2. The lowest BCUT2D eigenvalue weighted by Crippen LogP contribution is -2.32. The second-order valence-electron chi connectivity index (χ2n) is 3.81. The zero-order valence-electron chi connectivity index (χ0n) is 9.42. The van der Waals surface area contributed by atoms with Crippen LogP contribution in [0.2, 0.25) is 0 Å². The van der Waals surface area contributed by atoms with Crippen molar-refractivity contribution in [2.45, 2.75) is 39.4 Å². The summed E-state index contributed by atoms with van der Waals surface area (Å²) in [5.41, 5.74) is 0. The smallest absolute Gasteiger partial charge is 0.322 e. The second-order valence-corrected chi connectivity index (χ2v) is 5.43. The average molecular weight is 218 g/mol. The van der Waals surface area contributed by atoms with Crippen molar-refractivity contribution in [3.8, 4) is 0 Å². The number of thioether (sulfide) groups is 1. The number of ether oxygens (including phenoxy) is 1. The molecule has 0 aliphatic carbocycles. The number of esters is 1. The molecule has 14 heavy (non-hydrogen) atoms. The molecule has 0 saturated carbocycles. The molecule has 0 aliphatic rings. The Bertz CT molecular complexity index is 221. The van der Waals surface area contributed by atoms with Gasteiger partial charge in [-0.15, -0.1) is 0 Å². The minimum Gasteiger partial charge on any atom is -0.465 e. The molecule has 4 heteroatoms. The van der Waals surface area contributed by atoms with Gasteiger partial charge < -0.3 is 4.74 Å². The normalized spacial score (nSPS) is 11.6. The lowest BCUT2D eigenvalue weighted by Gasteiger charge is -2.21. The minimum atomic E-state index is -0.780. The van der Waals surface area contributed by atoms with E-state index in [9.17, 15) is 9.59 Å². The zero-order chi connectivity index (χ0) is 11.4. The standard InChI is InChI=1S/C10H18O3S/c1-6-13-9(12)10(4,5)14-8(11)7(2)3/h7H,6H2,1-5H3. The number of carbonyl (C=O) groups is 2. The van der Waals surface area contributed by atoms with Gasteiger partial charge in [0.2, 0.25) is 0 Å². The van der Waals surface area contributed by atoms with Gasteiger partial charge in [0.25, 0.3) is 0 Å². The summed E-state index contributed by atoms with van der Waals surface area (Å²) < 4.78 is 4.09. The second kappa shape index (κ2) is 5.39. The SMILES string of the molecule is CCOC(=O)C(C)(C)SC(=O)C(C)C. The van der Waals surface area contributed by atoms with Gasteiger partial charge in [0, 0.05) is 5.92 Å². The molecule has 0 aromatic heterocycles. The summed E-state index contributed by atoms with van der Waals surface area (Å²) in [4.78, 5) is 22.8. The molecule has 0 fully saturated rings. The van der Waals surface area contributed by atoms with Gasteiger partial charge in [-0.25, -0.2) is 0 Å². The average Bonchev–Trinajstić information content (AvgIpc) is 2.03. The van der Waals surface area contributed by atoms with E-state index < -0.39 is 4.75 Å². The summed E-state index contributed by atoms with van der Waals surface area (Å²) in [5, 5.41) is 0.0167. The maximum atomic E-state index is 11.4. The molecule has 0 rings (SSSR count). The van der Waals surface area contributed by atoms with Crippen LogP contribution in [0.5, 0.6) is 0 Å². The van der Waals surface area contributed by atoms with Gasteiger partial charge in [-0.05, 0) is 20.8 Å². The molecule has 0 unspecified atom stereocenters. The Hall–Kier alpha value is -0.510. The molecule has 0 N–H and O–H groups in total. The van der Waals surface area contributed by atoms with Gasteiger partial charge in [0.1, 0.15) is 4.75 Å². The fourth-order valence-electron chi connectivity index (χ4n) is 0.716. The first-order chi connectivity index (χ1) is 6.31. The van der Waals surface area contributed by atoms with Gasteiger partial charge in [0.15, 0.2) is 5.12 Å². The van der Waals surface area contributed by atoms with Crippen molar-refractivity contribution in [1.29, 1.82) is 0 Å². The van der Waals surface area contributed by atoms with E-state index in [0.717, 1.165) is 11.8 Å². The molecule has 0 bridgehead atoms. The first kappa shape index (κ1) is 13.5. The molecule has 0 atom stereocenters. The summed E-state index contributed by atoms with van der Waals surface area (Å²) in [6.07, 6.45) is 0. The highest BCUT2D eigenvalue weighted by molar-refractivity contribution is 8.15. The third kappa shape index (κ3) is 4.13. The maximum Gasteiger partial charge on any atom is 0.322 e. The van der Waals surface area contributed by atoms with Crippen molar-refractivity contribution in [3.63, 3.8) is 0 Å².